The molecule has 0 aromatic heterocycles. The second kappa shape index (κ2) is 9.09. The number of hydrogen-bond acceptors (Lipinski definition) is 1. The van der Waals surface area contributed by atoms with Crippen LogP contribution in [0.2, 0.25) is 0 Å². The van der Waals surface area contributed by atoms with Crippen LogP contribution in [0.1, 0.15) is 51.0 Å². The summed E-state index contributed by atoms with van der Waals surface area (Å²) in [5, 5.41) is 0. The fourth-order valence-corrected chi connectivity index (χ4v) is 2.14. The first kappa shape index (κ1) is 15.2. The number of carbonyl (C=O) groups is 1. The minimum Gasteiger partial charge on any atom is -0.298 e. The van der Waals surface area contributed by atoms with Crippen LogP contribution in [0.15, 0.2) is 34.3 Å². The van der Waals surface area contributed by atoms with Gasteiger partial charge in [-0.25, -0.2) is 0 Å². The van der Waals surface area contributed by atoms with Gasteiger partial charge in [-0.2, -0.15) is 0 Å². The van der Waals surface area contributed by atoms with Gasteiger partial charge in [0.25, 0.3) is 0 Å². The SMILES string of the molecule is CCCCCCC/C(C=O)=C\c1ccc(Br)cc1. The monoisotopic (exact) mass is 308 g/mol. The molecule has 0 saturated heterocycles. The Balaban J connectivity index is 2.44. The largest absolute Gasteiger partial charge is 0.298 e. The van der Waals surface area contributed by atoms with Crippen molar-refractivity contribution in [1.82, 2.24) is 0 Å². The number of aldehydes is 1. The van der Waals surface area contributed by atoms with E-state index in [2.05, 4.69) is 22.9 Å². The van der Waals surface area contributed by atoms with Gasteiger partial charge in [0.15, 0.2) is 0 Å². The van der Waals surface area contributed by atoms with Gasteiger partial charge in [-0.05, 0) is 42.2 Å². The summed E-state index contributed by atoms with van der Waals surface area (Å²) in [5.74, 6) is 0. The molecular formula is C16H21BrO. The average Bonchev–Trinajstić information content (AvgIpc) is 2.39. The van der Waals surface area contributed by atoms with Crippen molar-refractivity contribution in [2.24, 2.45) is 0 Å². The third kappa shape index (κ3) is 6.15. The summed E-state index contributed by atoms with van der Waals surface area (Å²) in [6.07, 6.45) is 10.0. The minimum atomic E-state index is 0.892. The number of hydrogen-bond donors (Lipinski definition) is 0. The molecule has 0 aliphatic carbocycles. The van der Waals surface area contributed by atoms with Crippen molar-refractivity contribution in [3.8, 4) is 0 Å². The molecule has 0 saturated carbocycles. The molecule has 0 amide bonds. The minimum absolute atomic E-state index is 0.892. The molecule has 1 nitrogen and oxygen atoms in total. The van der Waals surface area contributed by atoms with Crippen molar-refractivity contribution in [2.75, 3.05) is 0 Å². The van der Waals surface area contributed by atoms with E-state index in [0.717, 1.165) is 34.7 Å². The Morgan fingerprint density at radius 2 is 1.78 bits per heavy atom. The molecule has 0 fully saturated rings. The Labute approximate surface area is 118 Å². The molecule has 1 rings (SSSR count). The van der Waals surface area contributed by atoms with Crippen LogP contribution in [0, 0.1) is 0 Å². The van der Waals surface area contributed by atoms with Gasteiger partial charge >= 0.3 is 0 Å². The normalized spacial score (nSPS) is 11.6. The fourth-order valence-electron chi connectivity index (χ4n) is 1.87. The van der Waals surface area contributed by atoms with Gasteiger partial charge in [-0.3, -0.25) is 4.79 Å². The molecule has 2 heteroatoms. The van der Waals surface area contributed by atoms with Gasteiger partial charge < -0.3 is 0 Å². The van der Waals surface area contributed by atoms with E-state index in [0.29, 0.717) is 0 Å². The standard InChI is InChI=1S/C16H21BrO/c1-2-3-4-5-6-7-15(13-18)12-14-8-10-16(17)11-9-14/h8-13H,2-7H2,1H3/b15-12+. The van der Waals surface area contributed by atoms with Crippen LogP contribution in [0.5, 0.6) is 0 Å². The molecule has 0 aliphatic rings. The summed E-state index contributed by atoms with van der Waals surface area (Å²) in [5.41, 5.74) is 1.99. The molecular weight excluding hydrogens is 288 g/mol. The highest BCUT2D eigenvalue weighted by Crippen LogP contribution is 2.16. The van der Waals surface area contributed by atoms with E-state index in [4.69, 9.17) is 0 Å². The highest BCUT2D eigenvalue weighted by Gasteiger charge is 1.97. The lowest BCUT2D eigenvalue weighted by molar-refractivity contribution is -0.105. The Morgan fingerprint density at radius 1 is 1.11 bits per heavy atom. The summed E-state index contributed by atoms with van der Waals surface area (Å²) in [6, 6.07) is 8.03. The summed E-state index contributed by atoms with van der Waals surface area (Å²) < 4.78 is 1.06. The van der Waals surface area contributed by atoms with Gasteiger partial charge in [0.2, 0.25) is 0 Å². The predicted molar refractivity (Wildman–Crippen MR) is 81.6 cm³/mol. The summed E-state index contributed by atoms with van der Waals surface area (Å²) >= 11 is 3.40. The van der Waals surface area contributed by atoms with Crippen LogP contribution in [0.4, 0.5) is 0 Å². The lowest BCUT2D eigenvalue weighted by Gasteiger charge is -2.01. The first-order chi connectivity index (χ1) is 8.76. The number of allylic oxidation sites excluding steroid dienone is 1. The Morgan fingerprint density at radius 3 is 2.39 bits per heavy atom. The quantitative estimate of drug-likeness (QED) is 0.357. The van der Waals surface area contributed by atoms with Crippen LogP contribution >= 0.6 is 15.9 Å². The van der Waals surface area contributed by atoms with Crippen LogP contribution in [0.3, 0.4) is 0 Å². The van der Waals surface area contributed by atoms with Gasteiger partial charge in [0, 0.05) is 4.47 Å². The van der Waals surface area contributed by atoms with Crippen LogP contribution in [-0.4, -0.2) is 6.29 Å². The summed E-state index contributed by atoms with van der Waals surface area (Å²) in [7, 11) is 0. The number of carbonyl (C=O) groups excluding carboxylic acids is 1. The molecule has 0 N–H and O–H groups in total. The smallest absolute Gasteiger partial charge is 0.146 e. The van der Waals surface area contributed by atoms with E-state index in [-0.39, 0.29) is 0 Å². The fraction of sp³-hybridized carbons (Fsp3) is 0.438. The van der Waals surface area contributed by atoms with Crippen molar-refractivity contribution < 1.29 is 4.79 Å². The maximum absolute atomic E-state index is 11.0. The van der Waals surface area contributed by atoms with E-state index < -0.39 is 0 Å². The van der Waals surface area contributed by atoms with Crippen LogP contribution < -0.4 is 0 Å². The summed E-state index contributed by atoms with van der Waals surface area (Å²) in [6.45, 7) is 2.21. The molecule has 98 valence electrons. The first-order valence-electron chi connectivity index (χ1n) is 6.67. The number of unbranched alkanes of at least 4 members (excludes halogenated alkanes) is 4. The molecule has 0 heterocycles. The zero-order valence-electron chi connectivity index (χ0n) is 11.0. The molecule has 0 unspecified atom stereocenters. The maximum Gasteiger partial charge on any atom is 0.146 e. The zero-order chi connectivity index (χ0) is 13.2. The van der Waals surface area contributed by atoms with Crippen LogP contribution in [0.25, 0.3) is 6.08 Å². The lowest BCUT2D eigenvalue weighted by atomic mass is 10.0. The number of benzene rings is 1. The molecule has 0 aliphatic heterocycles. The second-order valence-corrected chi connectivity index (χ2v) is 5.47. The summed E-state index contributed by atoms with van der Waals surface area (Å²) in [4.78, 5) is 11.0. The first-order valence-corrected chi connectivity index (χ1v) is 7.47. The Hall–Kier alpha value is -0.890. The Bertz CT molecular complexity index is 379. The third-order valence-corrected chi connectivity index (χ3v) is 3.47. The number of halogens is 1. The average molecular weight is 309 g/mol. The van der Waals surface area contributed by atoms with E-state index in [1.54, 1.807) is 0 Å². The van der Waals surface area contributed by atoms with Crippen LogP contribution in [-0.2, 0) is 4.79 Å². The van der Waals surface area contributed by atoms with Gasteiger partial charge in [-0.15, -0.1) is 0 Å². The molecule has 18 heavy (non-hydrogen) atoms. The molecule has 0 radical (unpaired) electrons. The highest BCUT2D eigenvalue weighted by atomic mass is 79.9. The van der Waals surface area contributed by atoms with Gasteiger partial charge in [0.05, 0.1) is 0 Å². The highest BCUT2D eigenvalue weighted by molar-refractivity contribution is 9.10. The van der Waals surface area contributed by atoms with Gasteiger partial charge in [-0.1, -0.05) is 60.7 Å². The Kier molecular flexibility index (Phi) is 7.66. The van der Waals surface area contributed by atoms with Crippen molar-refractivity contribution in [3.05, 3.63) is 39.9 Å². The van der Waals surface area contributed by atoms with E-state index in [9.17, 15) is 4.79 Å². The molecule has 0 bridgehead atoms. The van der Waals surface area contributed by atoms with Crippen molar-refractivity contribution in [1.29, 1.82) is 0 Å². The lowest BCUT2D eigenvalue weighted by Crippen LogP contribution is -1.87. The molecule has 1 aromatic carbocycles. The predicted octanol–water partition coefficient (Wildman–Crippen LogP) is 5.39. The van der Waals surface area contributed by atoms with Crippen molar-refractivity contribution >= 4 is 28.3 Å². The molecule has 0 atom stereocenters. The van der Waals surface area contributed by atoms with Gasteiger partial charge in [0.1, 0.15) is 6.29 Å². The zero-order valence-corrected chi connectivity index (χ0v) is 12.6. The van der Waals surface area contributed by atoms with E-state index in [1.165, 1.54) is 25.7 Å². The molecule has 1 aromatic rings. The van der Waals surface area contributed by atoms with Crippen molar-refractivity contribution in [2.45, 2.75) is 45.4 Å². The maximum atomic E-state index is 11.0. The number of rotatable bonds is 8. The second-order valence-electron chi connectivity index (χ2n) is 4.55. The topological polar surface area (TPSA) is 17.1 Å². The van der Waals surface area contributed by atoms with Crippen molar-refractivity contribution in [3.63, 3.8) is 0 Å². The van der Waals surface area contributed by atoms with E-state index in [1.807, 2.05) is 30.3 Å². The molecule has 0 spiro atoms. The third-order valence-electron chi connectivity index (χ3n) is 2.94. The van der Waals surface area contributed by atoms with E-state index >= 15 is 0 Å².